The van der Waals surface area contributed by atoms with E-state index in [1.54, 1.807) is 30.3 Å². The van der Waals surface area contributed by atoms with Crippen LogP contribution in [0.5, 0.6) is 17.2 Å². The number of phenolic OH excluding ortho intramolecular Hbond substituents is 1. The number of hydrogen-bond donors (Lipinski definition) is 3. The third-order valence-corrected chi connectivity index (χ3v) is 11.3. The van der Waals surface area contributed by atoms with Crippen LogP contribution in [0.4, 0.5) is 5.69 Å². The van der Waals surface area contributed by atoms with Crippen molar-refractivity contribution in [2.45, 2.75) is 38.0 Å². The fraction of sp³-hybridized carbons (Fsp3) is 0.341. The number of aromatic hydroxyl groups is 1. The van der Waals surface area contributed by atoms with E-state index in [9.17, 15) is 29.4 Å². The summed E-state index contributed by atoms with van der Waals surface area (Å²) in [6.45, 7) is 1.94. The molecule has 2 aliphatic carbocycles. The number of anilines is 1. The summed E-state index contributed by atoms with van der Waals surface area (Å²) < 4.78 is 10.8. The monoisotopic (exact) mass is 719 g/mol. The third kappa shape index (κ3) is 5.82. The summed E-state index contributed by atoms with van der Waals surface area (Å²) >= 11 is 0. The second-order valence-corrected chi connectivity index (χ2v) is 14.1. The molecule has 0 bridgehead atoms. The van der Waals surface area contributed by atoms with E-state index in [1.165, 1.54) is 19.1 Å². The maximum atomic E-state index is 15.2. The molecule has 2 heterocycles. The highest BCUT2D eigenvalue weighted by Crippen LogP contribution is 2.61. The Kier molecular flexibility index (Phi) is 9.31. The van der Waals surface area contributed by atoms with Gasteiger partial charge in [0.05, 0.1) is 43.1 Å². The Hall–Kier alpha value is -5.91. The Bertz CT molecular complexity index is 2020. The molecule has 53 heavy (non-hydrogen) atoms. The van der Waals surface area contributed by atoms with Crippen molar-refractivity contribution in [3.05, 3.63) is 101 Å². The molecule has 4 amide bonds. The molecule has 2 aliphatic heterocycles. The van der Waals surface area contributed by atoms with E-state index in [2.05, 4.69) is 5.43 Å². The van der Waals surface area contributed by atoms with E-state index in [-0.39, 0.29) is 61.3 Å². The average Bonchev–Trinajstić information content (AvgIpc) is 3.53. The van der Waals surface area contributed by atoms with Gasteiger partial charge in [-0.15, -0.1) is 0 Å². The summed E-state index contributed by atoms with van der Waals surface area (Å²) in [6, 6.07) is 19.8. The SMILES string of the molecule is COc1cc(C=CC2C3=CCC4C(=O)N(CCCC(=O)O)C(=O)C4C3CC3C(=O)N(Nc4ccc(C)cc4)C(=O)C23c2ccccc2)cc(OC)c1O. The molecule has 0 spiro atoms. The van der Waals surface area contributed by atoms with E-state index >= 15 is 4.79 Å². The van der Waals surface area contributed by atoms with Crippen molar-refractivity contribution in [1.82, 2.24) is 9.91 Å². The van der Waals surface area contributed by atoms with Gasteiger partial charge in [-0.3, -0.25) is 34.3 Å². The number of amides is 4. The van der Waals surface area contributed by atoms with Gasteiger partial charge in [0.1, 0.15) is 0 Å². The van der Waals surface area contributed by atoms with Crippen LogP contribution >= 0.6 is 0 Å². The summed E-state index contributed by atoms with van der Waals surface area (Å²) in [6.07, 6.45) is 5.97. The number of benzene rings is 3. The minimum Gasteiger partial charge on any atom is -0.502 e. The van der Waals surface area contributed by atoms with Crippen LogP contribution in [0.3, 0.4) is 0 Å². The summed E-state index contributed by atoms with van der Waals surface area (Å²) in [5.74, 6) is -6.07. The standard InChI is InChI=1S/C41H41N3O9/c1-23-11-14-26(15-12-23)42-44-38(49)31-22-29-27(16-17-28-35(29)39(50)43(37(28)48)19-7-10-34(45)46)30(41(31,40(44)51)25-8-5-4-6-9-25)18-13-24-20-32(52-2)36(47)33(21-24)53-3/h4-6,8-9,11-16,18,20-21,28-31,35,42,47H,7,10,17,19,22H2,1-3H3,(H,45,46). The van der Waals surface area contributed by atoms with Gasteiger partial charge in [-0.05, 0) is 67.5 Å². The number of methoxy groups -OCH3 is 2. The lowest BCUT2D eigenvalue weighted by atomic mass is 9.50. The van der Waals surface area contributed by atoms with Crippen LogP contribution in [-0.4, -0.2) is 70.5 Å². The predicted molar refractivity (Wildman–Crippen MR) is 193 cm³/mol. The molecule has 0 radical (unpaired) electrons. The predicted octanol–water partition coefficient (Wildman–Crippen LogP) is 5.11. The molecule has 6 atom stereocenters. The fourth-order valence-electron chi connectivity index (χ4n) is 8.88. The summed E-state index contributed by atoms with van der Waals surface area (Å²) in [4.78, 5) is 70.2. The molecule has 3 aromatic rings. The first-order valence-electron chi connectivity index (χ1n) is 17.7. The zero-order valence-electron chi connectivity index (χ0n) is 29.7. The Morgan fingerprint density at radius 1 is 0.943 bits per heavy atom. The van der Waals surface area contributed by atoms with Crippen LogP contribution in [-0.2, 0) is 29.4 Å². The lowest BCUT2D eigenvalue weighted by Gasteiger charge is -2.49. The Labute approximate surface area is 306 Å². The average molecular weight is 720 g/mol. The lowest BCUT2D eigenvalue weighted by Crippen LogP contribution is -2.54. The second-order valence-electron chi connectivity index (χ2n) is 14.1. The molecule has 12 nitrogen and oxygen atoms in total. The number of allylic oxidation sites excluding steroid dienone is 3. The fourth-order valence-corrected chi connectivity index (χ4v) is 8.88. The van der Waals surface area contributed by atoms with Gasteiger partial charge >= 0.3 is 5.97 Å². The van der Waals surface area contributed by atoms with Crippen molar-refractivity contribution in [2.24, 2.45) is 29.6 Å². The molecule has 0 aromatic heterocycles. The first-order valence-corrected chi connectivity index (χ1v) is 17.7. The van der Waals surface area contributed by atoms with Crippen molar-refractivity contribution in [3.8, 4) is 17.2 Å². The number of carboxylic acid groups (broad SMARTS) is 1. The van der Waals surface area contributed by atoms with Crippen molar-refractivity contribution < 1.29 is 43.7 Å². The van der Waals surface area contributed by atoms with Crippen LogP contribution in [0.1, 0.15) is 42.4 Å². The van der Waals surface area contributed by atoms with Crippen molar-refractivity contribution >= 4 is 41.4 Å². The number of phenols is 1. The van der Waals surface area contributed by atoms with E-state index < -0.39 is 52.8 Å². The van der Waals surface area contributed by atoms with E-state index in [0.717, 1.165) is 16.1 Å². The summed E-state index contributed by atoms with van der Waals surface area (Å²) in [5.41, 5.74) is 5.23. The number of carbonyl (C=O) groups excluding carboxylic acids is 4. The zero-order valence-corrected chi connectivity index (χ0v) is 29.7. The molecule has 1 saturated carbocycles. The smallest absolute Gasteiger partial charge is 0.303 e. The number of rotatable bonds is 11. The molecule has 274 valence electrons. The van der Waals surface area contributed by atoms with Crippen molar-refractivity contribution in [1.29, 1.82) is 0 Å². The van der Waals surface area contributed by atoms with Gasteiger partial charge < -0.3 is 19.7 Å². The quantitative estimate of drug-likeness (QED) is 0.179. The highest BCUT2D eigenvalue weighted by molar-refractivity contribution is 6.13. The molecule has 6 unspecified atom stereocenters. The molecular weight excluding hydrogens is 678 g/mol. The summed E-state index contributed by atoms with van der Waals surface area (Å²) in [5, 5.41) is 20.9. The maximum absolute atomic E-state index is 15.2. The topological polar surface area (TPSA) is 163 Å². The molecule has 7 rings (SSSR count). The Morgan fingerprint density at radius 2 is 1.62 bits per heavy atom. The number of carboxylic acids is 1. The van der Waals surface area contributed by atoms with Crippen LogP contribution < -0.4 is 14.9 Å². The van der Waals surface area contributed by atoms with Gasteiger partial charge in [-0.25, -0.2) is 0 Å². The van der Waals surface area contributed by atoms with E-state index in [1.807, 2.05) is 61.5 Å². The van der Waals surface area contributed by atoms with Gasteiger partial charge in [0.25, 0.3) is 11.8 Å². The number of carbonyl (C=O) groups is 5. The van der Waals surface area contributed by atoms with Crippen LogP contribution in [0.2, 0.25) is 0 Å². The molecule has 3 aromatic carbocycles. The normalized spacial score (nSPS) is 26.3. The van der Waals surface area contributed by atoms with Crippen molar-refractivity contribution in [2.75, 3.05) is 26.2 Å². The van der Waals surface area contributed by atoms with Gasteiger partial charge in [0, 0.05) is 18.9 Å². The van der Waals surface area contributed by atoms with Gasteiger partial charge in [-0.1, -0.05) is 71.8 Å². The van der Waals surface area contributed by atoms with E-state index in [4.69, 9.17) is 9.47 Å². The van der Waals surface area contributed by atoms with Gasteiger partial charge in [0.15, 0.2) is 11.5 Å². The summed E-state index contributed by atoms with van der Waals surface area (Å²) in [7, 11) is 2.85. The Balaban J connectivity index is 1.38. The number of likely N-dealkylation sites (tertiary alicyclic amines) is 1. The zero-order chi connectivity index (χ0) is 37.6. The minimum atomic E-state index is -1.43. The molecular formula is C41H41N3O9. The van der Waals surface area contributed by atoms with Crippen LogP contribution in [0.25, 0.3) is 6.08 Å². The third-order valence-electron chi connectivity index (χ3n) is 11.3. The number of aliphatic carboxylic acids is 1. The molecule has 4 aliphatic rings. The first-order chi connectivity index (χ1) is 25.5. The number of nitrogens with zero attached hydrogens (tertiary/aromatic N) is 2. The second kappa shape index (κ2) is 13.9. The van der Waals surface area contributed by atoms with E-state index in [0.29, 0.717) is 16.8 Å². The Morgan fingerprint density at radius 3 is 2.26 bits per heavy atom. The van der Waals surface area contributed by atoms with Gasteiger partial charge in [0.2, 0.25) is 17.6 Å². The number of ether oxygens (including phenoxy) is 2. The van der Waals surface area contributed by atoms with Crippen molar-refractivity contribution in [3.63, 3.8) is 0 Å². The molecule has 12 heteroatoms. The number of fused-ring (bicyclic) bond motifs is 4. The van der Waals surface area contributed by atoms with Crippen LogP contribution in [0.15, 0.2) is 84.5 Å². The lowest BCUT2D eigenvalue weighted by molar-refractivity contribution is -0.142. The highest BCUT2D eigenvalue weighted by Gasteiger charge is 2.69. The van der Waals surface area contributed by atoms with Crippen LogP contribution in [0, 0.1) is 36.5 Å². The number of hydrogen-bond acceptors (Lipinski definition) is 9. The number of aryl methyl sites for hydroxylation is 1. The van der Waals surface area contributed by atoms with Gasteiger partial charge in [-0.2, -0.15) is 5.01 Å². The number of nitrogens with one attached hydrogen (secondary N) is 1. The molecule has 2 saturated heterocycles. The maximum Gasteiger partial charge on any atom is 0.303 e. The highest BCUT2D eigenvalue weighted by atomic mass is 16.5. The number of hydrazine groups is 1. The largest absolute Gasteiger partial charge is 0.502 e. The molecule has 3 N–H and O–H groups in total. The number of imide groups is 2. The minimum absolute atomic E-state index is 0.00405. The first kappa shape index (κ1) is 35.5. The molecule has 3 fully saturated rings.